The van der Waals surface area contributed by atoms with Gasteiger partial charge in [-0.3, -0.25) is 9.78 Å². The van der Waals surface area contributed by atoms with E-state index in [0.29, 0.717) is 19.4 Å². The molecule has 2 rings (SSSR count). The van der Waals surface area contributed by atoms with Crippen LogP contribution in [-0.4, -0.2) is 22.5 Å². The Morgan fingerprint density at radius 2 is 2.35 bits per heavy atom. The molecule has 2 aromatic rings. The molecule has 0 aliphatic carbocycles. The van der Waals surface area contributed by atoms with Crippen molar-refractivity contribution in [2.24, 2.45) is 0 Å². The minimum atomic E-state index is -0.182. The third-order valence-corrected chi connectivity index (χ3v) is 3.53. The zero-order chi connectivity index (χ0) is 14.4. The minimum absolute atomic E-state index is 0.182. The first-order valence-electron chi connectivity index (χ1n) is 6.46. The van der Waals surface area contributed by atoms with Crippen LogP contribution < -0.4 is 5.32 Å². The number of carbonyl (C=O) groups excluding carboxylic acids is 1. The molecule has 0 unspecified atom stereocenters. The second-order valence-corrected chi connectivity index (χ2v) is 5.12. The third-order valence-electron chi connectivity index (χ3n) is 2.72. The Hall–Kier alpha value is -1.95. The van der Waals surface area contributed by atoms with Crippen molar-refractivity contribution in [2.45, 2.75) is 26.7 Å². The molecule has 2 heterocycles. The van der Waals surface area contributed by atoms with Crippen molar-refractivity contribution in [1.29, 1.82) is 0 Å². The van der Waals surface area contributed by atoms with Crippen LogP contribution in [-0.2, 0) is 16.0 Å². The molecule has 0 spiro atoms. The molecule has 106 valence electrons. The van der Waals surface area contributed by atoms with Crippen LogP contribution in [0.4, 0.5) is 10.8 Å². The van der Waals surface area contributed by atoms with E-state index in [1.54, 1.807) is 19.3 Å². The molecule has 0 fully saturated rings. The van der Waals surface area contributed by atoms with E-state index in [-0.39, 0.29) is 5.97 Å². The molecule has 0 bridgehead atoms. The number of hydrogen-bond acceptors (Lipinski definition) is 6. The Morgan fingerprint density at radius 1 is 1.50 bits per heavy atom. The summed E-state index contributed by atoms with van der Waals surface area (Å²) in [5, 5.41) is 5.99. The van der Waals surface area contributed by atoms with Gasteiger partial charge in [-0.1, -0.05) is 0 Å². The van der Waals surface area contributed by atoms with Crippen LogP contribution in [0.25, 0.3) is 0 Å². The van der Waals surface area contributed by atoms with E-state index in [1.807, 2.05) is 18.4 Å². The predicted molar refractivity (Wildman–Crippen MR) is 79.3 cm³/mol. The summed E-state index contributed by atoms with van der Waals surface area (Å²) in [6, 6.07) is 1.94. The fourth-order valence-electron chi connectivity index (χ4n) is 1.65. The highest BCUT2D eigenvalue weighted by Crippen LogP contribution is 2.23. The average Bonchev–Trinajstić information content (AvgIpc) is 2.87. The van der Waals surface area contributed by atoms with Gasteiger partial charge in [-0.2, -0.15) is 0 Å². The Morgan fingerprint density at radius 3 is 3.10 bits per heavy atom. The molecule has 2 aromatic heterocycles. The van der Waals surface area contributed by atoms with Crippen molar-refractivity contribution >= 4 is 28.1 Å². The Bertz CT molecular complexity index is 583. The smallest absolute Gasteiger partial charge is 0.306 e. The van der Waals surface area contributed by atoms with Crippen molar-refractivity contribution in [1.82, 2.24) is 9.97 Å². The molecule has 0 saturated heterocycles. The van der Waals surface area contributed by atoms with Crippen LogP contribution in [0.1, 0.15) is 24.6 Å². The van der Waals surface area contributed by atoms with Gasteiger partial charge < -0.3 is 10.1 Å². The van der Waals surface area contributed by atoms with E-state index in [4.69, 9.17) is 4.74 Å². The number of rotatable bonds is 6. The quantitative estimate of drug-likeness (QED) is 0.829. The maximum absolute atomic E-state index is 11.3. The van der Waals surface area contributed by atoms with Crippen LogP contribution in [0, 0.1) is 6.92 Å². The van der Waals surface area contributed by atoms with Gasteiger partial charge in [0.15, 0.2) is 5.13 Å². The van der Waals surface area contributed by atoms with Crippen LogP contribution in [0.15, 0.2) is 23.8 Å². The van der Waals surface area contributed by atoms with Crippen molar-refractivity contribution < 1.29 is 9.53 Å². The topological polar surface area (TPSA) is 64.1 Å². The van der Waals surface area contributed by atoms with Gasteiger partial charge in [0, 0.05) is 18.0 Å². The van der Waals surface area contributed by atoms with Crippen LogP contribution in [0.2, 0.25) is 0 Å². The van der Waals surface area contributed by atoms with E-state index in [9.17, 15) is 4.79 Å². The van der Waals surface area contributed by atoms with Crippen molar-refractivity contribution in [3.8, 4) is 0 Å². The van der Waals surface area contributed by atoms with Gasteiger partial charge in [0.2, 0.25) is 0 Å². The van der Waals surface area contributed by atoms with Gasteiger partial charge in [0.05, 0.1) is 30.6 Å². The first-order valence-corrected chi connectivity index (χ1v) is 7.34. The number of carbonyl (C=O) groups is 1. The standard InChI is InChI=1S/C14H17N3O2S/c1-3-19-13(18)5-4-11-9-20-14(16-11)17-12-8-15-7-6-10(12)2/h6-9H,3-5H2,1-2H3,(H,16,17). The molecule has 0 aliphatic heterocycles. The summed E-state index contributed by atoms with van der Waals surface area (Å²) in [5.41, 5.74) is 2.95. The highest BCUT2D eigenvalue weighted by atomic mass is 32.1. The van der Waals surface area contributed by atoms with Gasteiger partial charge in [-0.05, 0) is 25.5 Å². The van der Waals surface area contributed by atoms with Gasteiger partial charge in [0.1, 0.15) is 0 Å². The maximum atomic E-state index is 11.3. The number of nitrogens with one attached hydrogen (secondary N) is 1. The second-order valence-electron chi connectivity index (χ2n) is 4.26. The summed E-state index contributed by atoms with van der Waals surface area (Å²) in [5.74, 6) is -0.182. The van der Waals surface area contributed by atoms with Crippen LogP contribution in [0.5, 0.6) is 0 Å². The van der Waals surface area contributed by atoms with Crippen molar-refractivity contribution in [3.05, 3.63) is 35.1 Å². The number of aryl methyl sites for hydroxylation is 2. The summed E-state index contributed by atoms with van der Waals surface area (Å²) in [7, 11) is 0. The van der Waals surface area contributed by atoms with E-state index in [1.165, 1.54) is 11.3 Å². The minimum Gasteiger partial charge on any atom is -0.466 e. The van der Waals surface area contributed by atoms with E-state index in [2.05, 4.69) is 15.3 Å². The summed E-state index contributed by atoms with van der Waals surface area (Å²) in [6.45, 7) is 4.24. The highest BCUT2D eigenvalue weighted by Gasteiger charge is 2.07. The number of pyridine rings is 1. The lowest BCUT2D eigenvalue weighted by molar-refractivity contribution is -0.143. The van der Waals surface area contributed by atoms with Gasteiger partial charge in [-0.15, -0.1) is 11.3 Å². The first-order chi connectivity index (χ1) is 9.69. The summed E-state index contributed by atoms with van der Waals surface area (Å²) >= 11 is 1.52. The number of ether oxygens (including phenoxy) is 1. The van der Waals surface area contributed by atoms with Crippen molar-refractivity contribution in [3.63, 3.8) is 0 Å². The highest BCUT2D eigenvalue weighted by molar-refractivity contribution is 7.13. The Kier molecular flexibility index (Phi) is 5.06. The summed E-state index contributed by atoms with van der Waals surface area (Å²) in [4.78, 5) is 19.8. The monoisotopic (exact) mass is 291 g/mol. The zero-order valence-electron chi connectivity index (χ0n) is 11.5. The molecule has 20 heavy (non-hydrogen) atoms. The molecule has 0 saturated carbocycles. The maximum Gasteiger partial charge on any atom is 0.306 e. The lowest BCUT2D eigenvalue weighted by Gasteiger charge is -2.04. The van der Waals surface area contributed by atoms with Crippen molar-refractivity contribution in [2.75, 3.05) is 11.9 Å². The fourth-order valence-corrected chi connectivity index (χ4v) is 2.41. The SMILES string of the molecule is CCOC(=O)CCc1csc(Nc2cnccc2C)n1. The number of hydrogen-bond donors (Lipinski definition) is 1. The molecule has 0 atom stereocenters. The molecule has 0 aliphatic rings. The normalized spacial score (nSPS) is 10.3. The second kappa shape index (κ2) is 7.00. The van der Waals surface area contributed by atoms with Crippen LogP contribution in [0.3, 0.4) is 0 Å². The van der Waals surface area contributed by atoms with Crippen LogP contribution >= 0.6 is 11.3 Å². The van der Waals surface area contributed by atoms with E-state index >= 15 is 0 Å². The third kappa shape index (κ3) is 4.03. The molecular formula is C14H17N3O2S. The summed E-state index contributed by atoms with van der Waals surface area (Å²) in [6.07, 6.45) is 4.49. The van der Waals surface area contributed by atoms with Gasteiger partial charge in [0.25, 0.3) is 0 Å². The molecule has 1 N–H and O–H groups in total. The largest absolute Gasteiger partial charge is 0.466 e. The summed E-state index contributed by atoms with van der Waals surface area (Å²) < 4.78 is 4.89. The molecule has 0 aromatic carbocycles. The number of esters is 1. The molecule has 0 radical (unpaired) electrons. The number of thiazole rings is 1. The van der Waals surface area contributed by atoms with E-state index in [0.717, 1.165) is 22.1 Å². The number of nitrogens with zero attached hydrogens (tertiary/aromatic N) is 2. The number of anilines is 2. The molecule has 6 heteroatoms. The molecular weight excluding hydrogens is 274 g/mol. The van der Waals surface area contributed by atoms with Gasteiger partial charge >= 0.3 is 5.97 Å². The first kappa shape index (κ1) is 14.5. The Balaban J connectivity index is 1.92. The number of aromatic nitrogens is 2. The molecule has 5 nitrogen and oxygen atoms in total. The lowest BCUT2D eigenvalue weighted by Crippen LogP contribution is -2.05. The van der Waals surface area contributed by atoms with Gasteiger partial charge in [-0.25, -0.2) is 4.98 Å². The average molecular weight is 291 g/mol. The zero-order valence-corrected chi connectivity index (χ0v) is 12.4. The Labute approximate surface area is 122 Å². The predicted octanol–water partition coefficient (Wildman–Crippen LogP) is 3.09. The molecule has 0 amide bonds. The lowest BCUT2D eigenvalue weighted by atomic mass is 10.2. The van der Waals surface area contributed by atoms with E-state index < -0.39 is 0 Å². The fraction of sp³-hybridized carbons (Fsp3) is 0.357.